The molecule has 0 radical (unpaired) electrons. The third kappa shape index (κ3) is 3.45. The van der Waals surface area contributed by atoms with Gasteiger partial charge in [0.25, 0.3) is 5.91 Å². The Balaban J connectivity index is 2.08. The highest BCUT2D eigenvalue weighted by Gasteiger charge is 2.35. The number of aromatic nitrogens is 1. The Kier molecular flexibility index (Phi) is 5.38. The fourth-order valence-corrected chi connectivity index (χ4v) is 3.36. The molecule has 1 aliphatic heterocycles. The second-order valence-corrected chi connectivity index (χ2v) is 6.17. The Hall–Kier alpha value is -1.38. The molecule has 2 unspecified atom stereocenters. The number of anilines is 2. The van der Waals surface area contributed by atoms with Gasteiger partial charge in [-0.3, -0.25) is 4.79 Å². The predicted molar refractivity (Wildman–Crippen MR) is 82.6 cm³/mol. The number of nitrogen functional groups attached to an aromatic ring is 1. The number of nitrogens with one attached hydrogen (secondary N) is 1. The molecule has 8 heteroatoms. The first-order valence-electron chi connectivity index (χ1n) is 6.99. The number of ether oxygens (including phenoxy) is 1. The molecular formula is C13H22N4O3S. The largest absolute Gasteiger partial charge is 0.394 e. The van der Waals surface area contributed by atoms with E-state index in [9.17, 15) is 9.90 Å². The number of methoxy groups -OCH3 is 1. The summed E-state index contributed by atoms with van der Waals surface area (Å²) >= 11 is 1.24. The van der Waals surface area contributed by atoms with E-state index in [0.29, 0.717) is 35.6 Å². The molecule has 1 amide bonds. The number of likely N-dealkylation sites (tertiary alicyclic amines) is 1. The highest BCUT2D eigenvalue weighted by atomic mass is 32.1. The number of thiazole rings is 1. The first-order valence-corrected chi connectivity index (χ1v) is 7.81. The summed E-state index contributed by atoms with van der Waals surface area (Å²) in [6, 6.07) is -0.135. The molecule has 1 saturated heterocycles. The van der Waals surface area contributed by atoms with Gasteiger partial charge in [0.05, 0.1) is 19.3 Å². The van der Waals surface area contributed by atoms with E-state index >= 15 is 0 Å². The third-order valence-corrected chi connectivity index (χ3v) is 4.78. The van der Waals surface area contributed by atoms with Gasteiger partial charge < -0.3 is 25.8 Å². The molecule has 1 fully saturated rings. The second-order valence-electron chi connectivity index (χ2n) is 5.17. The molecule has 4 N–H and O–H groups in total. The van der Waals surface area contributed by atoms with Crippen LogP contribution < -0.4 is 11.1 Å². The molecule has 0 bridgehead atoms. The SMILES string of the molecule is COCCNc1nc(N)c(C(=O)N2CCC(C)C2CO)s1. The number of nitrogens with zero attached hydrogens (tertiary/aromatic N) is 2. The lowest BCUT2D eigenvalue weighted by atomic mass is 10.0. The maximum atomic E-state index is 12.6. The van der Waals surface area contributed by atoms with Crippen molar-refractivity contribution in [1.82, 2.24) is 9.88 Å². The van der Waals surface area contributed by atoms with Crippen molar-refractivity contribution >= 4 is 28.2 Å². The number of rotatable bonds is 6. The average molecular weight is 314 g/mol. The number of hydrogen-bond acceptors (Lipinski definition) is 7. The zero-order chi connectivity index (χ0) is 15.4. The van der Waals surface area contributed by atoms with Crippen LogP contribution in [0.1, 0.15) is 23.0 Å². The van der Waals surface area contributed by atoms with Gasteiger partial charge in [0.2, 0.25) is 0 Å². The number of carbonyl (C=O) groups excluding carboxylic acids is 1. The highest BCUT2D eigenvalue weighted by Crippen LogP contribution is 2.31. The van der Waals surface area contributed by atoms with Crippen molar-refractivity contribution in [2.24, 2.45) is 5.92 Å². The van der Waals surface area contributed by atoms with Gasteiger partial charge in [0, 0.05) is 20.2 Å². The second kappa shape index (κ2) is 7.06. The smallest absolute Gasteiger partial charge is 0.268 e. The summed E-state index contributed by atoms with van der Waals surface area (Å²) in [5.41, 5.74) is 5.85. The normalized spacial score (nSPS) is 21.8. The molecule has 1 aliphatic rings. The van der Waals surface area contributed by atoms with E-state index in [1.165, 1.54) is 11.3 Å². The minimum atomic E-state index is -0.145. The Bertz CT molecular complexity index is 494. The zero-order valence-electron chi connectivity index (χ0n) is 12.3. The van der Waals surface area contributed by atoms with Crippen molar-refractivity contribution in [2.75, 3.05) is 44.5 Å². The summed E-state index contributed by atoms with van der Waals surface area (Å²) < 4.78 is 4.95. The van der Waals surface area contributed by atoms with Crippen molar-refractivity contribution < 1.29 is 14.6 Å². The number of aliphatic hydroxyl groups is 1. The summed E-state index contributed by atoms with van der Waals surface area (Å²) in [6.07, 6.45) is 0.897. The maximum absolute atomic E-state index is 12.6. The number of nitrogens with two attached hydrogens (primary N) is 1. The van der Waals surface area contributed by atoms with Gasteiger partial charge >= 0.3 is 0 Å². The van der Waals surface area contributed by atoms with E-state index in [2.05, 4.69) is 10.3 Å². The molecule has 118 valence electrons. The summed E-state index contributed by atoms with van der Waals surface area (Å²) in [5, 5.41) is 13.1. The Morgan fingerprint density at radius 3 is 3.10 bits per heavy atom. The summed E-state index contributed by atoms with van der Waals surface area (Å²) in [7, 11) is 1.62. The Morgan fingerprint density at radius 1 is 1.67 bits per heavy atom. The van der Waals surface area contributed by atoms with Crippen molar-refractivity contribution in [3.05, 3.63) is 4.88 Å². The van der Waals surface area contributed by atoms with E-state index in [1.807, 2.05) is 6.92 Å². The minimum Gasteiger partial charge on any atom is -0.394 e. The van der Waals surface area contributed by atoms with Gasteiger partial charge in [-0.05, 0) is 12.3 Å². The van der Waals surface area contributed by atoms with Gasteiger partial charge in [-0.15, -0.1) is 0 Å². The van der Waals surface area contributed by atoms with E-state index in [0.717, 1.165) is 6.42 Å². The van der Waals surface area contributed by atoms with E-state index < -0.39 is 0 Å². The van der Waals surface area contributed by atoms with Crippen molar-refractivity contribution in [3.63, 3.8) is 0 Å². The lowest BCUT2D eigenvalue weighted by Gasteiger charge is -2.24. The van der Waals surface area contributed by atoms with Crippen LogP contribution in [-0.4, -0.2) is 60.4 Å². The van der Waals surface area contributed by atoms with Crippen LogP contribution >= 0.6 is 11.3 Å². The van der Waals surface area contributed by atoms with Crippen LogP contribution in [0, 0.1) is 5.92 Å². The maximum Gasteiger partial charge on any atom is 0.268 e. The van der Waals surface area contributed by atoms with Crippen molar-refractivity contribution in [3.8, 4) is 0 Å². The molecule has 1 aromatic heterocycles. The predicted octanol–water partition coefficient (Wildman–Crippen LogP) is 0.627. The number of aliphatic hydroxyl groups excluding tert-OH is 1. The zero-order valence-corrected chi connectivity index (χ0v) is 13.2. The minimum absolute atomic E-state index is 0.0233. The van der Waals surface area contributed by atoms with Gasteiger partial charge in [0.1, 0.15) is 10.7 Å². The van der Waals surface area contributed by atoms with E-state index in [4.69, 9.17) is 10.5 Å². The first-order chi connectivity index (χ1) is 10.1. The molecule has 1 aromatic rings. The fraction of sp³-hybridized carbons (Fsp3) is 0.692. The first kappa shape index (κ1) is 16.0. The quantitative estimate of drug-likeness (QED) is 0.666. The standard InChI is InChI=1S/C13H22N4O3S/c1-8-3-5-17(9(8)7-18)12(19)10-11(14)16-13(21-10)15-4-6-20-2/h8-9,18H,3-7,14H2,1-2H3,(H,15,16). The Labute approximate surface area is 128 Å². The van der Waals surface area contributed by atoms with E-state index in [-0.39, 0.29) is 24.4 Å². The third-order valence-electron chi connectivity index (χ3n) is 3.76. The fourth-order valence-electron chi connectivity index (χ4n) is 2.49. The molecule has 0 spiro atoms. The number of hydrogen-bond donors (Lipinski definition) is 3. The van der Waals surface area contributed by atoms with Crippen LogP contribution in [0.15, 0.2) is 0 Å². The molecule has 21 heavy (non-hydrogen) atoms. The molecule has 7 nitrogen and oxygen atoms in total. The van der Waals surface area contributed by atoms with Crippen molar-refractivity contribution in [1.29, 1.82) is 0 Å². The average Bonchev–Trinajstić information content (AvgIpc) is 3.01. The van der Waals surface area contributed by atoms with Gasteiger partial charge in [-0.25, -0.2) is 4.98 Å². The summed E-state index contributed by atoms with van der Waals surface area (Å²) in [4.78, 5) is 18.9. The van der Waals surface area contributed by atoms with Crippen LogP contribution in [0.2, 0.25) is 0 Å². The monoisotopic (exact) mass is 314 g/mol. The molecule has 2 rings (SSSR count). The van der Waals surface area contributed by atoms with Crippen LogP contribution in [0.4, 0.5) is 10.9 Å². The van der Waals surface area contributed by atoms with Gasteiger partial charge in [0.15, 0.2) is 5.13 Å². The van der Waals surface area contributed by atoms with Crippen molar-refractivity contribution in [2.45, 2.75) is 19.4 Å². The summed E-state index contributed by atoms with van der Waals surface area (Å²) in [6.45, 7) is 3.83. The van der Waals surface area contributed by atoms with Gasteiger partial charge in [-0.1, -0.05) is 18.3 Å². The lowest BCUT2D eigenvalue weighted by Crippen LogP contribution is -2.39. The molecule has 0 aliphatic carbocycles. The molecule has 2 heterocycles. The molecular weight excluding hydrogens is 292 g/mol. The van der Waals surface area contributed by atoms with E-state index in [1.54, 1.807) is 12.0 Å². The summed E-state index contributed by atoms with van der Waals surface area (Å²) in [5.74, 6) is 0.391. The van der Waals surface area contributed by atoms with Crippen LogP contribution in [0.3, 0.4) is 0 Å². The van der Waals surface area contributed by atoms with Crippen LogP contribution in [0.25, 0.3) is 0 Å². The molecule has 2 atom stereocenters. The topological polar surface area (TPSA) is 101 Å². The van der Waals surface area contributed by atoms with Crippen LogP contribution in [0.5, 0.6) is 0 Å². The Morgan fingerprint density at radius 2 is 2.43 bits per heavy atom. The highest BCUT2D eigenvalue weighted by molar-refractivity contribution is 7.18. The number of carbonyl (C=O) groups is 1. The lowest BCUT2D eigenvalue weighted by molar-refractivity contribution is 0.0654. The van der Waals surface area contributed by atoms with Crippen LogP contribution in [-0.2, 0) is 4.74 Å². The van der Waals surface area contributed by atoms with Gasteiger partial charge in [-0.2, -0.15) is 0 Å². The molecule has 0 aromatic carbocycles. The molecule has 0 saturated carbocycles. The number of amides is 1.